The number of carbonyl (C=O) groups is 1. The van der Waals surface area contributed by atoms with E-state index in [1.807, 2.05) is 0 Å². The first kappa shape index (κ1) is 21.2. The van der Waals surface area contributed by atoms with Gasteiger partial charge in [-0.15, -0.1) is 5.10 Å². The van der Waals surface area contributed by atoms with Gasteiger partial charge in [-0.05, 0) is 45.8 Å². The van der Waals surface area contributed by atoms with Crippen LogP contribution in [0.5, 0.6) is 0 Å². The minimum atomic E-state index is -0.476. The lowest BCUT2D eigenvalue weighted by molar-refractivity contribution is 0.102. The Kier molecular flexibility index (Phi) is 5.92. The van der Waals surface area contributed by atoms with Gasteiger partial charge < -0.3 is 21.2 Å². The highest BCUT2D eigenvalue weighted by molar-refractivity contribution is 9.10. The average molecular weight is 524 g/mol. The SMILES string of the molecule is NCc1cc(Cl)cc(-c2nnc(N)o2)c1NC(=O)c1cn(-c2ncccc2Cl)nc1Br. The van der Waals surface area contributed by atoms with Crippen molar-refractivity contribution in [2.45, 2.75) is 6.54 Å². The number of pyridine rings is 1. The minimum Gasteiger partial charge on any atom is -0.403 e. The van der Waals surface area contributed by atoms with Crippen LogP contribution in [0.1, 0.15) is 15.9 Å². The van der Waals surface area contributed by atoms with Gasteiger partial charge in [-0.1, -0.05) is 28.3 Å². The number of nitrogen functional groups attached to an aromatic ring is 1. The lowest BCUT2D eigenvalue weighted by atomic mass is 10.1. The molecule has 31 heavy (non-hydrogen) atoms. The van der Waals surface area contributed by atoms with Crippen LogP contribution in [0.3, 0.4) is 0 Å². The fraction of sp³-hybridized carbons (Fsp3) is 0.0556. The van der Waals surface area contributed by atoms with Gasteiger partial charge in [0.05, 0.1) is 21.8 Å². The largest absolute Gasteiger partial charge is 0.403 e. The third-order valence-corrected chi connectivity index (χ3v) is 5.28. The molecule has 0 bridgehead atoms. The van der Waals surface area contributed by atoms with Crippen LogP contribution < -0.4 is 16.8 Å². The molecule has 0 unspecified atom stereocenters. The summed E-state index contributed by atoms with van der Waals surface area (Å²) in [6, 6.07) is 6.43. The first-order valence-corrected chi connectivity index (χ1v) is 10.2. The van der Waals surface area contributed by atoms with Gasteiger partial charge in [0.25, 0.3) is 11.8 Å². The van der Waals surface area contributed by atoms with Crippen molar-refractivity contribution < 1.29 is 9.21 Å². The first-order chi connectivity index (χ1) is 14.9. The summed E-state index contributed by atoms with van der Waals surface area (Å²) in [5.41, 5.74) is 12.9. The monoisotopic (exact) mass is 522 g/mol. The summed E-state index contributed by atoms with van der Waals surface area (Å²) in [6.45, 7) is 0.0940. The maximum Gasteiger partial charge on any atom is 0.313 e. The second-order valence-corrected chi connectivity index (χ2v) is 7.77. The standard InChI is InChI=1S/C18H13BrCl2N8O2/c19-14-11(7-29(28-14)15-12(21)2-1-3-24-15)16(30)25-13-8(6-22)4-9(20)5-10(13)17-26-27-18(23)31-17/h1-5,7H,6,22H2,(H2,23,27)(H,25,30). The summed E-state index contributed by atoms with van der Waals surface area (Å²) < 4.78 is 6.99. The number of hydrogen-bond acceptors (Lipinski definition) is 8. The van der Waals surface area contributed by atoms with Gasteiger partial charge in [0.1, 0.15) is 4.60 Å². The number of nitrogens with zero attached hydrogens (tertiary/aromatic N) is 5. The van der Waals surface area contributed by atoms with Crippen molar-refractivity contribution in [1.82, 2.24) is 25.0 Å². The second kappa shape index (κ2) is 8.63. The molecule has 0 saturated heterocycles. The molecule has 158 valence electrons. The van der Waals surface area contributed by atoms with Crippen molar-refractivity contribution in [2.24, 2.45) is 5.73 Å². The summed E-state index contributed by atoms with van der Waals surface area (Å²) in [6.07, 6.45) is 3.07. The van der Waals surface area contributed by atoms with E-state index in [1.165, 1.54) is 10.9 Å². The lowest BCUT2D eigenvalue weighted by Crippen LogP contribution is -2.15. The molecule has 4 rings (SSSR count). The van der Waals surface area contributed by atoms with Crippen LogP contribution in [-0.4, -0.2) is 30.9 Å². The molecule has 5 N–H and O–H groups in total. The Morgan fingerprint density at radius 2 is 2.10 bits per heavy atom. The molecule has 3 heterocycles. The third-order valence-electron chi connectivity index (χ3n) is 4.18. The van der Waals surface area contributed by atoms with Gasteiger partial charge in [-0.25, -0.2) is 9.67 Å². The zero-order valence-electron chi connectivity index (χ0n) is 15.5. The number of nitrogens with one attached hydrogen (secondary N) is 1. The third kappa shape index (κ3) is 4.26. The van der Waals surface area contributed by atoms with Crippen LogP contribution in [0.25, 0.3) is 17.3 Å². The summed E-state index contributed by atoms with van der Waals surface area (Å²) in [5.74, 6) is -0.0175. The summed E-state index contributed by atoms with van der Waals surface area (Å²) in [5, 5.41) is 15.4. The van der Waals surface area contributed by atoms with E-state index < -0.39 is 5.91 Å². The van der Waals surface area contributed by atoms with Crippen molar-refractivity contribution in [3.8, 4) is 17.3 Å². The molecular weight excluding hydrogens is 511 g/mol. The molecule has 13 heteroatoms. The fourth-order valence-electron chi connectivity index (χ4n) is 2.82. The molecule has 0 radical (unpaired) electrons. The van der Waals surface area contributed by atoms with Gasteiger partial charge in [0, 0.05) is 24.0 Å². The zero-order valence-corrected chi connectivity index (χ0v) is 18.6. The second-order valence-electron chi connectivity index (χ2n) is 6.18. The molecule has 0 fully saturated rings. The number of benzene rings is 1. The van der Waals surface area contributed by atoms with Crippen molar-refractivity contribution in [3.63, 3.8) is 0 Å². The summed E-state index contributed by atoms with van der Waals surface area (Å²) >= 11 is 15.7. The molecule has 3 aromatic heterocycles. The fourth-order valence-corrected chi connectivity index (χ4v) is 3.73. The Balaban J connectivity index is 1.74. The van der Waals surface area contributed by atoms with Gasteiger partial charge >= 0.3 is 6.01 Å². The Bertz CT molecular complexity index is 1290. The van der Waals surface area contributed by atoms with E-state index in [1.54, 1.807) is 30.5 Å². The lowest BCUT2D eigenvalue weighted by Gasteiger charge is -2.14. The maximum atomic E-state index is 13.1. The highest BCUT2D eigenvalue weighted by Gasteiger charge is 2.22. The van der Waals surface area contributed by atoms with E-state index in [9.17, 15) is 4.79 Å². The van der Waals surface area contributed by atoms with Crippen molar-refractivity contribution in [1.29, 1.82) is 0 Å². The maximum absolute atomic E-state index is 13.1. The Labute approximate surface area is 193 Å². The van der Waals surface area contributed by atoms with E-state index in [4.69, 9.17) is 39.1 Å². The van der Waals surface area contributed by atoms with E-state index in [0.717, 1.165) is 0 Å². The topological polar surface area (TPSA) is 151 Å². The minimum absolute atomic E-state index is 0.0834. The molecular formula is C18H13BrCl2N8O2. The number of aromatic nitrogens is 5. The van der Waals surface area contributed by atoms with Crippen molar-refractivity contribution in [2.75, 3.05) is 11.1 Å². The van der Waals surface area contributed by atoms with Crippen LogP contribution in [0.4, 0.5) is 11.7 Å². The Morgan fingerprint density at radius 3 is 2.77 bits per heavy atom. The molecule has 0 aliphatic heterocycles. The summed E-state index contributed by atoms with van der Waals surface area (Å²) in [4.78, 5) is 17.3. The average Bonchev–Trinajstić information content (AvgIpc) is 3.34. The number of halogens is 3. The van der Waals surface area contributed by atoms with Gasteiger partial charge in [-0.3, -0.25) is 4.79 Å². The summed E-state index contributed by atoms with van der Waals surface area (Å²) in [7, 11) is 0. The van der Waals surface area contributed by atoms with Gasteiger partial charge in [-0.2, -0.15) is 5.10 Å². The van der Waals surface area contributed by atoms with Crippen LogP contribution in [-0.2, 0) is 6.54 Å². The van der Waals surface area contributed by atoms with Gasteiger partial charge in [0.15, 0.2) is 5.82 Å². The Morgan fingerprint density at radius 1 is 1.29 bits per heavy atom. The molecule has 1 amide bonds. The van der Waals surface area contributed by atoms with Crippen molar-refractivity contribution >= 4 is 56.7 Å². The predicted molar refractivity (Wildman–Crippen MR) is 119 cm³/mol. The van der Waals surface area contributed by atoms with Crippen LogP contribution in [0, 0.1) is 0 Å². The number of nitrogens with two attached hydrogens (primary N) is 2. The number of rotatable bonds is 5. The quantitative estimate of drug-likeness (QED) is 0.358. The molecule has 1 aromatic carbocycles. The highest BCUT2D eigenvalue weighted by Crippen LogP contribution is 2.34. The van der Waals surface area contributed by atoms with E-state index in [0.29, 0.717) is 37.3 Å². The molecule has 10 nitrogen and oxygen atoms in total. The number of anilines is 2. The van der Waals surface area contributed by atoms with Crippen LogP contribution in [0.15, 0.2) is 45.7 Å². The Hall–Kier alpha value is -2.99. The smallest absolute Gasteiger partial charge is 0.313 e. The van der Waals surface area contributed by atoms with Crippen LogP contribution >= 0.6 is 39.1 Å². The zero-order chi connectivity index (χ0) is 22.1. The molecule has 0 aliphatic carbocycles. The molecule has 0 saturated carbocycles. The normalized spacial score (nSPS) is 11.0. The van der Waals surface area contributed by atoms with Crippen molar-refractivity contribution in [3.05, 3.63) is 62.4 Å². The number of amides is 1. The van der Waals surface area contributed by atoms with E-state index >= 15 is 0 Å². The highest BCUT2D eigenvalue weighted by atomic mass is 79.9. The van der Waals surface area contributed by atoms with Gasteiger partial charge in [0.2, 0.25) is 0 Å². The number of carbonyl (C=O) groups excluding carboxylic acids is 1. The van der Waals surface area contributed by atoms with Crippen LogP contribution in [0.2, 0.25) is 10.0 Å². The number of hydrogen-bond donors (Lipinski definition) is 3. The van der Waals surface area contributed by atoms with E-state index in [-0.39, 0.29) is 24.0 Å². The first-order valence-electron chi connectivity index (χ1n) is 8.66. The molecule has 0 spiro atoms. The molecule has 0 atom stereocenters. The predicted octanol–water partition coefficient (Wildman–Crippen LogP) is 3.68. The van der Waals surface area contributed by atoms with E-state index in [2.05, 4.69) is 41.5 Å². The molecule has 4 aromatic rings. The molecule has 0 aliphatic rings.